The number of benzene rings is 1. The van der Waals surface area contributed by atoms with Crippen LogP contribution < -0.4 is 16.0 Å². The van der Waals surface area contributed by atoms with Crippen LogP contribution in [0.5, 0.6) is 11.6 Å². The van der Waals surface area contributed by atoms with Crippen molar-refractivity contribution < 1.29 is 4.74 Å². The van der Waals surface area contributed by atoms with Crippen molar-refractivity contribution in [2.75, 3.05) is 0 Å². The van der Waals surface area contributed by atoms with Crippen molar-refractivity contribution in [1.82, 2.24) is 9.55 Å². The summed E-state index contributed by atoms with van der Waals surface area (Å²) in [7, 11) is 1.65. The van der Waals surface area contributed by atoms with E-state index in [1.165, 1.54) is 10.8 Å². The van der Waals surface area contributed by atoms with Crippen molar-refractivity contribution in [3.8, 4) is 11.6 Å². The summed E-state index contributed by atoms with van der Waals surface area (Å²) in [4.78, 5) is 15.5. The summed E-state index contributed by atoms with van der Waals surface area (Å²) < 4.78 is 6.82. The lowest BCUT2D eigenvalue weighted by molar-refractivity contribution is 0.448. The van der Waals surface area contributed by atoms with Crippen molar-refractivity contribution in [2.45, 2.75) is 6.54 Å². The topological polar surface area (TPSA) is 70.1 Å². The molecule has 88 valence electrons. The zero-order valence-electron chi connectivity index (χ0n) is 9.46. The van der Waals surface area contributed by atoms with Gasteiger partial charge in [0, 0.05) is 26.0 Å². The third kappa shape index (κ3) is 2.51. The highest BCUT2D eigenvalue weighted by molar-refractivity contribution is 5.29. The summed E-state index contributed by atoms with van der Waals surface area (Å²) in [5, 5.41) is 0. The van der Waals surface area contributed by atoms with Crippen LogP contribution in [0.15, 0.2) is 41.5 Å². The molecule has 0 aliphatic carbocycles. The van der Waals surface area contributed by atoms with E-state index < -0.39 is 0 Å². The lowest BCUT2D eigenvalue weighted by Crippen LogP contribution is -2.18. The number of ether oxygens (including phenoxy) is 1. The fourth-order valence-electron chi connectivity index (χ4n) is 1.35. The predicted octanol–water partition coefficient (Wildman–Crippen LogP) is 1.03. The molecule has 1 aromatic carbocycles. The van der Waals surface area contributed by atoms with Crippen molar-refractivity contribution in [3.05, 3.63) is 52.6 Å². The molecule has 0 radical (unpaired) electrons. The lowest BCUT2D eigenvalue weighted by Gasteiger charge is -2.05. The molecule has 2 aromatic rings. The molecule has 0 fully saturated rings. The summed E-state index contributed by atoms with van der Waals surface area (Å²) in [5.41, 5.74) is 6.23. The second-order valence-corrected chi connectivity index (χ2v) is 3.60. The van der Waals surface area contributed by atoms with E-state index in [2.05, 4.69) is 4.98 Å². The Balaban J connectivity index is 2.25. The third-order valence-electron chi connectivity index (χ3n) is 2.36. The van der Waals surface area contributed by atoms with Crippen LogP contribution in [0.2, 0.25) is 0 Å². The minimum atomic E-state index is -0.268. The van der Waals surface area contributed by atoms with E-state index in [4.69, 9.17) is 10.5 Å². The largest absolute Gasteiger partial charge is 0.435 e. The number of nitrogens with zero attached hydrogens (tertiary/aromatic N) is 2. The quantitative estimate of drug-likeness (QED) is 0.856. The molecule has 0 spiro atoms. The third-order valence-corrected chi connectivity index (χ3v) is 2.36. The molecule has 1 heterocycles. The molecular weight excluding hydrogens is 218 g/mol. The number of hydrogen-bond acceptors (Lipinski definition) is 4. The monoisotopic (exact) mass is 231 g/mol. The van der Waals surface area contributed by atoms with Gasteiger partial charge < -0.3 is 15.0 Å². The molecule has 0 aliphatic rings. The summed E-state index contributed by atoms with van der Waals surface area (Å²) in [6.45, 7) is 0.478. The van der Waals surface area contributed by atoms with Gasteiger partial charge >= 0.3 is 5.56 Å². The maximum atomic E-state index is 11.7. The SMILES string of the molecule is Cn1ccnc(Oc2ccc(CN)cc2)c1=O. The van der Waals surface area contributed by atoms with Gasteiger partial charge in [0.05, 0.1) is 0 Å². The number of hydrogen-bond donors (Lipinski definition) is 1. The predicted molar refractivity (Wildman–Crippen MR) is 63.9 cm³/mol. The number of aromatic nitrogens is 2. The van der Waals surface area contributed by atoms with Crippen molar-refractivity contribution >= 4 is 0 Å². The van der Waals surface area contributed by atoms with Gasteiger partial charge in [-0.25, -0.2) is 4.98 Å². The first-order chi connectivity index (χ1) is 8.20. The van der Waals surface area contributed by atoms with Gasteiger partial charge in [0.15, 0.2) is 0 Å². The van der Waals surface area contributed by atoms with Crippen molar-refractivity contribution in [3.63, 3.8) is 0 Å². The minimum absolute atomic E-state index is 0.0653. The molecule has 0 saturated carbocycles. The van der Waals surface area contributed by atoms with Gasteiger partial charge in [-0.3, -0.25) is 4.79 Å². The van der Waals surface area contributed by atoms with E-state index in [0.717, 1.165) is 5.56 Å². The van der Waals surface area contributed by atoms with Crippen LogP contribution in [0.1, 0.15) is 5.56 Å². The lowest BCUT2D eigenvalue weighted by atomic mass is 10.2. The second-order valence-electron chi connectivity index (χ2n) is 3.60. The van der Waals surface area contributed by atoms with Crippen LogP contribution in [-0.2, 0) is 13.6 Å². The molecule has 5 heteroatoms. The first-order valence-corrected chi connectivity index (χ1v) is 5.19. The van der Waals surface area contributed by atoms with Crippen LogP contribution >= 0.6 is 0 Å². The summed E-state index contributed by atoms with van der Waals surface area (Å²) in [6.07, 6.45) is 3.09. The Kier molecular flexibility index (Phi) is 3.20. The fraction of sp³-hybridized carbons (Fsp3) is 0.167. The second kappa shape index (κ2) is 4.80. The Morgan fingerprint density at radius 3 is 2.71 bits per heavy atom. The highest BCUT2D eigenvalue weighted by atomic mass is 16.5. The first-order valence-electron chi connectivity index (χ1n) is 5.19. The van der Waals surface area contributed by atoms with E-state index in [1.54, 1.807) is 25.4 Å². The van der Waals surface area contributed by atoms with E-state index >= 15 is 0 Å². The van der Waals surface area contributed by atoms with E-state index in [9.17, 15) is 4.79 Å². The zero-order valence-corrected chi connectivity index (χ0v) is 9.46. The standard InChI is InChI=1S/C12H13N3O2/c1-15-7-6-14-11(12(15)16)17-10-4-2-9(8-13)3-5-10/h2-7H,8,13H2,1H3. The van der Waals surface area contributed by atoms with Gasteiger partial charge in [0.1, 0.15) is 5.75 Å². The Morgan fingerprint density at radius 2 is 2.06 bits per heavy atom. The molecule has 0 saturated heterocycles. The van der Waals surface area contributed by atoms with Crippen LogP contribution in [-0.4, -0.2) is 9.55 Å². The van der Waals surface area contributed by atoms with E-state index in [1.807, 2.05) is 12.1 Å². The van der Waals surface area contributed by atoms with Gasteiger partial charge in [-0.1, -0.05) is 12.1 Å². The normalized spacial score (nSPS) is 10.2. The molecule has 0 bridgehead atoms. The number of aryl methyl sites for hydroxylation is 1. The van der Waals surface area contributed by atoms with Gasteiger partial charge in [0.25, 0.3) is 5.88 Å². The first kappa shape index (κ1) is 11.3. The summed E-state index contributed by atoms with van der Waals surface area (Å²) in [6, 6.07) is 7.22. The van der Waals surface area contributed by atoms with Crippen LogP contribution in [0.3, 0.4) is 0 Å². The molecule has 17 heavy (non-hydrogen) atoms. The summed E-state index contributed by atoms with van der Waals surface area (Å²) >= 11 is 0. The maximum Gasteiger partial charge on any atom is 0.313 e. The van der Waals surface area contributed by atoms with Gasteiger partial charge in [-0.2, -0.15) is 0 Å². The fourth-order valence-corrected chi connectivity index (χ4v) is 1.35. The van der Waals surface area contributed by atoms with Gasteiger partial charge in [0.2, 0.25) is 0 Å². The average molecular weight is 231 g/mol. The van der Waals surface area contributed by atoms with E-state index in [0.29, 0.717) is 12.3 Å². The molecule has 5 nitrogen and oxygen atoms in total. The molecular formula is C12H13N3O2. The van der Waals surface area contributed by atoms with Crippen LogP contribution in [0.25, 0.3) is 0 Å². The number of nitrogens with two attached hydrogens (primary N) is 1. The highest BCUT2D eigenvalue weighted by Crippen LogP contribution is 2.16. The Bertz CT molecular complexity index is 561. The smallest absolute Gasteiger partial charge is 0.313 e. The Morgan fingerprint density at radius 1 is 1.35 bits per heavy atom. The maximum absolute atomic E-state index is 11.7. The minimum Gasteiger partial charge on any atom is -0.435 e. The molecule has 2 N–H and O–H groups in total. The summed E-state index contributed by atoms with van der Waals surface area (Å²) in [5.74, 6) is 0.633. The van der Waals surface area contributed by atoms with E-state index in [-0.39, 0.29) is 11.4 Å². The van der Waals surface area contributed by atoms with Gasteiger partial charge in [-0.05, 0) is 17.7 Å². The molecule has 1 aromatic heterocycles. The van der Waals surface area contributed by atoms with Gasteiger partial charge in [-0.15, -0.1) is 0 Å². The Hall–Kier alpha value is -2.14. The number of rotatable bonds is 3. The Labute approximate surface area is 98.5 Å². The highest BCUT2D eigenvalue weighted by Gasteiger charge is 2.04. The molecule has 2 rings (SSSR count). The van der Waals surface area contributed by atoms with Crippen LogP contribution in [0, 0.1) is 0 Å². The molecule has 0 atom stereocenters. The molecule has 0 amide bonds. The average Bonchev–Trinajstić information content (AvgIpc) is 2.36. The zero-order chi connectivity index (χ0) is 12.3. The molecule has 0 unspecified atom stereocenters. The van der Waals surface area contributed by atoms with Crippen LogP contribution in [0.4, 0.5) is 0 Å². The van der Waals surface area contributed by atoms with Crippen molar-refractivity contribution in [1.29, 1.82) is 0 Å². The van der Waals surface area contributed by atoms with Crippen molar-refractivity contribution in [2.24, 2.45) is 12.8 Å². The molecule has 0 aliphatic heterocycles.